The Bertz CT molecular complexity index is 1230. The summed E-state index contributed by atoms with van der Waals surface area (Å²) in [5.41, 5.74) is 1.85. The van der Waals surface area contributed by atoms with Crippen LogP contribution in [0.4, 0.5) is 24.8 Å². The van der Waals surface area contributed by atoms with Gasteiger partial charge in [0, 0.05) is 28.2 Å². The molecule has 7 nitrogen and oxygen atoms in total. The van der Waals surface area contributed by atoms with E-state index in [-0.39, 0.29) is 11.5 Å². The lowest BCUT2D eigenvalue weighted by Crippen LogP contribution is -2.17. The van der Waals surface area contributed by atoms with Crippen LogP contribution in [-0.2, 0) is 11.3 Å². The van der Waals surface area contributed by atoms with Crippen LogP contribution in [0.3, 0.4) is 0 Å². The third-order valence-electron chi connectivity index (χ3n) is 4.14. The molecule has 0 spiro atoms. The van der Waals surface area contributed by atoms with E-state index in [1.54, 1.807) is 24.4 Å². The molecule has 0 bridgehead atoms. The predicted molar refractivity (Wildman–Crippen MR) is 101 cm³/mol. The summed E-state index contributed by atoms with van der Waals surface area (Å²) in [4.78, 5) is 18.6. The minimum absolute atomic E-state index is 0.146. The average Bonchev–Trinajstić information content (AvgIpc) is 3.15. The Morgan fingerprint density at radius 2 is 2.07 bits per heavy atom. The lowest BCUT2D eigenvalue weighted by molar-refractivity contribution is -0.274. The van der Waals surface area contributed by atoms with Crippen molar-refractivity contribution in [3.63, 3.8) is 0 Å². The first-order valence-corrected chi connectivity index (χ1v) is 8.59. The first-order valence-electron chi connectivity index (χ1n) is 8.21. The van der Waals surface area contributed by atoms with Gasteiger partial charge in [0.1, 0.15) is 12.3 Å². The number of nitrogens with zero attached hydrogens (tertiary/aromatic N) is 2. The van der Waals surface area contributed by atoms with Crippen molar-refractivity contribution in [2.24, 2.45) is 0 Å². The molecule has 29 heavy (non-hydrogen) atoms. The van der Waals surface area contributed by atoms with Crippen molar-refractivity contribution in [2.75, 3.05) is 5.32 Å². The number of carboxylic acid groups (broad SMARTS) is 1. The van der Waals surface area contributed by atoms with Gasteiger partial charge in [-0.3, -0.25) is 9.36 Å². The van der Waals surface area contributed by atoms with Crippen LogP contribution >= 0.6 is 11.6 Å². The molecule has 0 saturated heterocycles. The molecule has 0 aliphatic carbocycles. The van der Waals surface area contributed by atoms with Crippen molar-refractivity contribution < 1.29 is 27.8 Å². The number of fused-ring (bicyclic) bond motifs is 2. The summed E-state index contributed by atoms with van der Waals surface area (Å²) in [6.45, 7) is -0.443. The van der Waals surface area contributed by atoms with E-state index in [0.29, 0.717) is 16.2 Å². The Morgan fingerprint density at radius 1 is 1.28 bits per heavy atom. The highest BCUT2D eigenvalue weighted by Crippen LogP contribution is 2.32. The molecule has 0 aliphatic rings. The molecule has 2 aromatic carbocycles. The van der Waals surface area contributed by atoms with E-state index in [2.05, 4.69) is 20.0 Å². The van der Waals surface area contributed by atoms with E-state index >= 15 is 0 Å². The van der Waals surface area contributed by atoms with E-state index < -0.39 is 24.6 Å². The number of halogens is 4. The van der Waals surface area contributed by atoms with E-state index in [0.717, 1.165) is 23.0 Å². The third-order valence-corrected chi connectivity index (χ3v) is 4.37. The number of benzene rings is 2. The number of imidazole rings is 1. The van der Waals surface area contributed by atoms with Crippen LogP contribution in [0.15, 0.2) is 42.6 Å². The summed E-state index contributed by atoms with van der Waals surface area (Å²) in [5.74, 6) is -1.44. The number of aliphatic carboxylic acids is 1. The van der Waals surface area contributed by atoms with Gasteiger partial charge in [0.05, 0.1) is 16.7 Å². The van der Waals surface area contributed by atoms with E-state index in [1.165, 1.54) is 10.6 Å². The van der Waals surface area contributed by atoms with Gasteiger partial charge >= 0.3 is 12.3 Å². The molecule has 4 rings (SSSR count). The number of nitrogens with one attached hydrogen (secondary N) is 2. The van der Waals surface area contributed by atoms with Gasteiger partial charge in [-0.2, -0.15) is 0 Å². The normalized spacial score (nSPS) is 11.9. The average molecular weight is 425 g/mol. The smallest absolute Gasteiger partial charge is 0.480 e. The fraction of sp³-hybridized carbons (Fsp3) is 0.111. The van der Waals surface area contributed by atoms with Crippen molar-refractivity contribution in [1.29, 1.82) is 0 Å². The van der Waals surface area contributed by atoms with Crippen molar-refractivity contribution in [3.8, 4) is 5.75 Å². The van der Waals surface area contributed by atoms with Crippen LogP contribution in [0.1, 0.15) is 0 Å². The summed E-state index contributed by atoms with van der Waals surface area (Å²) in [7, 11) is 0. The number of carboxylic acids is 1. The minimum Gasteiger partial charge on any atom is -0.480 e. The highest BCUT2D eigenvalue weighted by molar-refractivity contribution is 6.31. The maximum absolute atomic E-state index is 12.5. The number of aromatic nitrogens is 3. The quantitative estimate of drug-likeness (QED) is 0.424. The number of alkyl halides is 3. The number of ether oxygens (including phenoxy) is 1. The number of hydrogen-bond acceptors (Lipinski definition) is 4. The molecule has 0 saturated carbocycles. The molecular weight excluding hydrogens is 413 g/mol. The van der Waals surface area contributed by atoms with Gasteiger partial charge in [-0.25, -0.2) is 4.98 Å². The zero-order valence-corrected chi connectivity index (χ0v) is 15.2. The molecule has 4 aromatic rings. The van der Waals surface area contributed by atoms with Crippen LogP contribution in [0.2, 0.25) is 5.02 Å². The highest BCUT2D eigenvalue weighted by atomic mass is 35.5. The highest BCUT2D eigenvalue weighted by Gasteiger charge is 2.31. The van der Waals surface area contributed by atoms with Crippen LogP contribution in [0, 0.1) is 0 Å². The first-order chi connectivity index (χ1) is 13.7. The molecule has 0 radical (unpaired) electrons. The molecule has 150 valence electrons. The number of carbonyl (C=O) groups is 1. The topological polar surface area (TPSA) is 92.2 Å². The largest absolute Gasteiger partial charge is 0.573 e. The molecule has 3 N–H and O–H groups in total. The van der Waals surface area contributed by atoms with E-state index in [9.17, 15) is 23.1 Å². The number of rotatable bonds is 5. The molecule has 0 atom stereocenters. The van der Waals surface area contributed by atoms with Crippen molar-refractivity contribution in [1.82, 2.24) is 14.5 Å². The Kier molecular flexibility index (Phi) is 4.50. The molecule has 0 aliphatic heterocycles. The van der Waals surface area contributed by atoms with E-state index in [1.807, 2.05) is 0 Å². The fourth-order valence-corrected chi connectivity index (χ4v) is 3.19. The van der Waals surface area contributed by atoms with Crippen LogP contribution < -0.4 is 10.1 Å². The fourth-order valence-electron chi connectivity index (χ4n) is 3.01. The van der Waals surface area contributed by atoms with Crippen molar-refractivity contribution in [3.05, 3.63) is 47.6 Å². The first kappa shape index (κ1) is 18.9. The Balaban J connectivity index is 1.79. The molecule has 11 heteroatoms. The molecule has 0 fully saturated rings. The summed E-state index contributed by atoms with van der Waals surface area (Å²) in [5, 5.41) is 13.5. The van der Waals surface area contributed by atoms with Gasteiger partial charge in [0.25, 0.3) is 0 Å². The van der Waals surface area contributed by atoms with Gasteiger partial charge in [-0.05, 0) is 30.3 Å². The zero-order valence-electron chi connectivity index (χ0n) is 14.4. The molecule has 2 heterocycles. The molecule has 0 amide bonds. The Morgan fingerprint density at radius 3 is 2.79 bits per heavy atom. The maximum atomic E-state index is 12.5. The Labute approximate surface area is 165 Å². The minimum atomic E-state index is -4.85. The second-order valence-electron chi connectivity index (χ2n) is 6.13. The number of aromatic amines is 1. The van der Waals surface area contributed by atoms with Gasteiger partial charge < -0.3 is 20.1 Å². The van der Waals surface area contributed by atoms with Crippen molar-refractivity contribution in [2.45, 2.75) is 12.9 Å². The summed E-state index contributed by atoms with van der Waals surface area (Å²) in [6.07, 6.45) is -3.19. The molecule has 2 aromatic heterocycles. The van der Waals surface area contributed by atoms with Gasteiger partial charge in [0.15, 0.2) is 0 Å². The number of anilines is 2. The lowest BCUT2D eigenvalue weighted by atomic mass is 10.2. The zero-order chi connectivity index (χ0) is 20.8. The molecular formula is C18H12ClF3N4O3. The predicted octanol–water partition coefficient (Wildman–Crippen LogP) is 4.90. The van der Waals surface area contributed by atoms with Crippen molar-refractivity contribution >= 4 is 51.1 Å². The summed E-state index contributed by atoms with van der Waals surface area (Å²) < 4.78 is 42.7. The monoisotopic (exact) mass is 424 g/mol. The second kappa shape index (κ2) is 6.89. The Hall–Kier alpha value is -3.40. The number of H-pyrrole nitrogens is 1. The van der Waals surface area contributed by atoms with Crippen LogP contribution in [0.25, 0.3) is 21.9 Å². The lowest BCUT2D eigenvalue weighted by Gasteiger charge is -2.09. The number of hydrogen-bond donors (Lipinski definition) is 3. The van der Waals surface area contributed by atoms with Crippen LogP contribution in [-0.4, -0.2) is 32.0 Å². The van der Waals surface area contributed by atoms with Gasteiger partial charge in [0.2, 0.25) is 5.95 Å². The maximum Gasteiger partial charge on any atom is 0.573 e. The summed E-state index contributed by atoms with van der Waals surface area (Å²) >= 11 is 6.04. The second-order valence-corrected chi connectivity index (χ2v) is 6.57. The van der Waals surface area contributed by atoms with Gasteiger partial charge in [-0.15, -0.1) is 13.2 Å². The molecule has 0 unspecified atom stereocenters. The van der Waals surface area contributed by atoms with E-state index in [4.69, 9.17) is 11.6 Å². The van der Waals surface area contributed by atoms with Crippen LogP contribution in [0.5, 0.6) is 5.75 Å². The third kappa shape index (κ3) is 3.92. The SMILES string of the molecule is O=C(O)Cn1c(Nc2c[nH]c3ccc(Cl)cc23)nc2cc(OC(F)(F)F)ccc21. The standard InChI is InChI=1S/C18H12ClF3N4O3/c19-9-1-3-12-11(5-9)14(7-23-12)25-17-24-13-6-10(29-18(20,21)22)2-4-15(13)26(17)8-16(27)28/h1-7,23H,8H2,(H,24,25)(H,27,28). The van der Waals surface area contributed by atoms with Gasteiger partial charge in [-0.1, -0.05) is 11.6 Å². The summed E-state index contributed by atoms with van der Waals surface area (Å²) in [6, 6.07) is 8.73.